The molecule has 2 aromatic heterocycles. The maximum atomic E-state index is 12.1. The lowest BCUT2D eigenvalue weighted by atomic mass is 10.1. The Labute approximate surface area is 191 Å². The molecule has 0 radical (unpaired) electrons. The Bertz CT molecular complexity index is 1370. The largest absolute Gasteiger partial charge is 0.457 e. The Kier molecular flexibility index (Phi) is 5.33. The number of hydrogen-bond acceptors (Lipinski definition) is 5. The molecule has 3 heterocycles. The van der Waals surface area contributed by atoms with Gasteiger partial charge in [0.25, 0.3) is 0 Å². The van der Waals surface area contributed by atoms with Crippen molar-refractivity contribution in [1.82, 2.24) is 19.7 Å². The third-order valence-electron chi connectivity index (χ3n) is 5.83. The summed E-state index contributed by atoms with van der Waals surface area (Å²) in [5.41, 5.74) is 2.84. The molecule has 1 aliphatic heterocycles. The molecule has 0 N–H and O–H groups in total. The smallest absolute Gasteiger partial charge is 0.246 e. The number of carbonyl (C=O) groups excluding carboxylic acids is 1. The Morgan fingerprint density at radius 1 is 1.12 bits per heavy atom. The van der Waals surface area contributed by atoms with Crippen LogP contribution in [0.5, 0.6) is 11.5 Å². The minimum atomic E-state index is -0.0923. The summed E-state index contributed by atoms with van der Waals surface area (Å²) in [4.78, 5) is 18.1. The summed E-state index contributed by atoms with van der Waals surface area (Å²) in [6.45, 7) is 4.74. The summed E-state index contributed by atoms with van der Waals surface area (Å²) >= 11 is 0. The Morgan fingerprint density at radius 2 is 1.88 bits per heavy atom. The molecule has 0 aliphatic carbocycles. The predicted molar refractivity (Wildman–Crippen MR) is 125 cm³/mol. The molecule has 7 nitrogen and oxygen atoms in total. The van der Waals surface area contributed by atoms with Gasteiger partial charge in [-0.25, -0.2) is 0 Å². The first kappa shape index (κ1) is 20.5. The number of nitriles is 1. The van der Waals surface area contributed by atoms with Crippen LogP contribution in [0.3, 0.4) is 0 Å². The average molecular weight is 435 g/mol. The number of para-hydroxylation sites is 1. The van der Waals surface area contributed by atoms with Crippen LogP contribution >= 0.6 is 0 Å². The molecule has 162 valence electrons. The molecule has 0 spiro atoms. The fourth-order valence-corrected chi connectivity index (χ4v) is 4.22. The van der Waals surface area contributed by atoms with E-state index in [0.29, 0.717) is 18.7 Å². The highest BCUT2D eigenvalue weighted by Crippen LogP contribution is 2.34. The number of carbonyl (C=O) groups is 1. The summed E-state index contributed by atoms with van der Waals surface area (Å²) in [6.07, 6.45) is 5.39. The first-order valence-electron chi connectivity index (χ1n) is 10.7. The lowest BCUT2D eigenvalue weighted by Crippen LogP contribution is -2.27. The molecular weight excluding hydrogens is 414 g/mol. The minimum absolute atomic E-state index is 0.0275. The predicted octanol–water partition coefficient (Wildman–Crippen LogP) is 4.72. The van der Waals surface area contributed by atoms with E-state index >= 15 is 0 Å². The molecule has 5 rings (SSSR count). The highest BCUT2D eigenvalue weighted by atomic mass is 16.5. The molecule has 1 saturated heterocycles. The van der Waals surface area contributed by atoms with Crippen LogP contribution < -0.4 is 4.74 Å². The van der Waals surface area contributed by atoms with Gasteiger partial charge in [0, 0.05) is 36.4 Å². The van der Waals surface area contributed by atoms with E-state index in [1.807, 2.05) is 59.3 Å². The van der Waals surface area contributed by atoms with Crippen LogP contribution in [0.4, 0.5) is 0 Å². The number of nitrogens with zero attached hydrogens (tertiary/aromatic N) is 5. The number of likely N-dealkylation sites (tertiary alicyclic amines) is 1. The van der Waals surface area contributed by atoms with E-state index in [9.17, 15) is 10.1 Å². The lowest BCUT2D eigenvalue weighted by molar-refractivity contribution is -0.125. The highest BCUT2D eigenvalue weighted by Gasteiger charge is 2.29. The van der Waals surface area contributed by atoms with Crippen LogP contribution in [-0.4, -0.2) is 38.7 Å². The monoisotopic (exact) mass is 435 g/mol. The molecule has 1 atom stereocenters. The summed E-state index contributed by atoms with van der Waals surface area (Å²) in [5.74, 6) is 1.40. The number of amides is 1. The molecule has 33 heavy (non-hydrogen) atoms. The topological polar surface area (TPSA) is 84.0 Å². The fraction of sp³-hybridized carbons (Fsp3) is 0.154. The van der Waals surface area contributed by atoms with Gasteiger partial charge in [-0.05, 0) is 48.9 Å². The zero-order valence-electron chi connectivity index (χ0n) is 17.9. The van der Waals surface area contributed by atoms with Crippen molar-refractivity contribution in [2.75, 3.05) is 13.1 Å². The third kappa shape index (κ3) is 3.83. The van der Waals surface area contributed by atoms with E-state index in [2.05, 4.69) is 17.6 Å². The number of ether oxygens (including phenoxy) is 1. The molecular formula is C26H21N5O2. The normalized spacial score (nSPS) is 15.4. The van der Waals surface area contributed by atoms with E-state index in [-0.39, 0.29) is 11.9 Å². The number of rotatable bonds is 5. The van der Waals surface area contributed by atoms with E-state index in [4.69, 9.17) is 9.84 Å². The van der Waals surface area contributed by atoms with Gasteiger partial charge in [-0.2, -0.15) is 10.4 Å². The van der Waals surface area contributed by atoms with Crippen LogP contribution in [0, 0.1) is 11.3 Å². The summed E-state index contributed by atoms with van der Waals surface area (Å²) in [7, 11) is 0. The molecule has 2 aromatic carbocycles. The van der Waals surface area contributed by atoms with E-state index in [1.54, 1.807) is 17.3 Å². The SMILES string of the molecule is C=CC(=O)N1CC[C@H](n2nc(-c3ccc(Oc4ccccc4)cc3)c3cncc(C#N)c32)C1. The van der Waals surface area contributed by atoms with Crippen LogP contribution in [0.2, 0.25) is 0 Å². The summed E-state index contributed by atoms with van der Waals surface area (Å²) in [5, 5.41) is 15.4. The van der Waals surface area contributed by atoms with Crippen molar-refractivity contribution in [1.29, 1.82) is 5.26 Å². The number of pyridine rings is 1. The van der Waals surface area contributed by atoms with Crippen LogP contribution in [-0.2, 0) is 4.79 Å². The third-order valence-corrected chi connectivity index (χ3v) is 5.83. The van der Waals surface area contributed by atoms with E-state index < -0.39 is 0 Å². The van der Waals surface area contributed by atoms with Gasteiger partial charge < -0.3 is 9.64 Å². The van der Waals surface area contributed by atoms with Gasteiger partial charge in [0.1, 0.15) is 23.3 Å². The number of fused-ring (bicyclic) bond motifs is 1. The van der Waals surface area contributed by atoms with Crippen LogP contribution in [0.25, 0.3) is 22.2 Å². The summed E-state index contributed by atoms with van der Waals surface area (Å²) < 4.78 is 7.78. The zero-order chi connectivity index (χ0) is 22.8. The molecule has 1 amide bonds. The van der Waals surface area contributed by atoms with E-state index in [1.165, 1.54) is 6.08 Å². The van der Waals surface area contributed by atoms with Gasteiger partial charge in [-0.3, -0.25) is 14.5 Å². The van der Waals surface area contributed by atoms with Gasteiger partial charge in [0.05, 0.1) is 17.1 Å². The van der Waals surface area contributed by atoms with Crippen molar-refractivity contribution < 1.29 is 9.53 Å². The maximum Gasteiger partial charge on any atom is 0.246 e. The highest BCUT2D eigenvalue weighted by molar-refractivity contribution is 5.95. The quantitative estimate of drug-likeness (QED) is 0.424. The van der Waals surface area contributed by atoms with Gasteiger partial charge in [0.2, 0.25) is 5.91 Å². The van der Waals surface area contributed by atoms with Crippen molar-refractivity contribution >= 4 is 16.8 Å². The Hall–Kier alpha value is -4.44. The number of aromatic nitrogens is 3. The van der Waals surface area contributed by atoms with Gasteiger partial charge in [-0.1, -0.05) is 24.8 Å². The molecule has 0 unspecified atom stereocenters. The molecule has 1 aliphatic rings. The van der Waals surface area contributed by atoms with Gasteiger partial charge >= 0.3 is 0 Å². The average Bonchev–Trinajstić information content (AvgIpc) is 3.50. The zero-order valence-corrected chi connectivity index (χ0v) is 17.9. The van der Waals surface area contributed by atoms with Gasteiger partial charge in [0.15, 0.2) is 0 Å². The van der Waals surface area contributed by atoms with Crippen molar-refractivity contribution in [3.05, 3.63) is 85.2 Å². The van der Waals surface area contributed by atoms with Crippen LogP contribution in [0.15, 0.2) is 79.6 Å². The Morgan fingerprint density at radius 3 is 2.61 bits per heavy atom. The second kappa shape index (κ2) is 8.60. The molecule has 0 bridgehead atoms. The number of benzene rings is 2. The lowest BCUT2D eigenvalue weighted by Gasteiger charge is -2.15. The molecule has 7 heteroatoms. The second-order valence-electron chi connectivity index (χ2n) is 7.86. The first-order valence-corrected chi connectivity index (χ1v) is 10.7. The molecule has 0 saturated carbocycles. The van der Waals surface area contributed by atoms with Crippen molar-refractivity contribution in [2.24, 2.45) is 0 Å². The van der Waals surface area contributed by atoms with Crippen molar-refractivity contribution in [2.45, 2.75) is 12.5 Å². The van der Waals surface area contributed by atoms with Gasteiger partial charge in [-0.15, -0.1) is 0 Å². The second-order valence-corrected chi connectivity index (χ2v) is 7.86. The molecule has 1 fully saturated rings. The standard InChI is InChI=1S/C26H21N5O2/c1-2-24(32)30-13-12-20(17-30)31-26-19(14-27)15-28-16-23(26)25(29-31)18-8-10-22(11-9-18)33-21-6-4-3-5-7-21/h2-11,15-16,20H,1,12-13,17H2/t20-/m0/s1. The summed E-state index contributed by atoms with van der Waals surface area (Å²) in [6, 6.07) is 19.5. The Balaban J connectivity index is 1.52. The van der Waals surface area contributed by atoms with Crippen molar-refractivity contribution in [3.63, 3.8) is 0 Å². The maximum absolute atomic E-state index is 12.1. The van der Waals surface area contributed by atoms with E-state index in [0.717, 1.165) is 40.1 Å². The number of hydrogen-bond donors (Lipinski definition) is 0. The van der Waals surface area contributed by atoms with Crippen LogP contribution in [0.1, 0.15) is 18.0 Å². The first-order chi connectivity index (χ1) is 16.2. The minimum Gasteiger partial charge on any atom is -0.457 e. The van der Waals surface area contributed by atoms with Crippen molar-refractivity contribution in [3.8, 4) is 28.8 Å². The molecule has 4 aromatic rings. The fourth-order valence-electron chi connectivity index (χ4n) is 4.22.